The molecule has 0 atom stereocenters. The Morgan fingerprint density at radius 1 is 0.929 bits per heavy atom. The Morgan fingerprint density at radius 2 is 1.61 bits per heavy atom. The molecule has 2 aromatic carbocycles. The molecule has 4 rings (SSSR count). The largest absolute Gasteiger partial charge is 0.508 e. The first-order chi connectivity index (χ1) is 13.5. The number of methoxy groups -OCH3 is 1. The van der Waals surface area contributed by atoms with Crippen molar-refractivity contribution in [3.05, 3.63) is 80.6 Å². The van der Waals surface area contributed by atoms with Crippen LogP contribution in [-0.4, -0.2) is 33.0 Å². The van der Waals surface area contributed by atoms with Crippen molar-refractivity contribution in [2.75, 3.05) is 7.11 Å². The molecule has 0 aliphatic carbocycles. The molecule has 8 heteroatoms. The summed E-state index contributed by atoms with van der Waals surface area (Å²) in [5.74, 6) is 0.268. The fourth-order valence-electron chi connectivity index (χ4n) is 3.11. The lowest BCUT2D eigenvalue weighted by molar-refractivity contribution is 0.103. The van der Waals surface area contributed by atoms with Crippen LogP contribution in [0.5, 0.6) is 11.5 Å². The zero-order valence-electron chi connectivity index (χ0n) is 14.7. The van der Waals surface area contributed by atoms with Crippen LogP contribution in [0.3, 0.4) is 0 Å². The first-order valence-corrected chi connectivity index (χ1v) is 8.34. The number of aromatic amines is 3. The summed E-state index contributed by atoms with van der Waals surface area (Å²) in [6, 6.07) is 12.6. The van der Waals surface area contributed by atoms with Gasteiger partial charge in [0.05, 0.1) is 18.2 Å². The highest BCUT2D eigenvalue weighted by Gasteiger charge is 2.23. The fourth-order valence-corrected chi connectivity index (χ4v) is 3.11. The highest BCUT2D eigenvalue weighted by molar-refractivity contribution is 6.16. The van der Waals surface area contributed by atoms with Gasteiger partial charge in [-0.25, -0.2) is 4.79 Å². The van der Waals surface area contributed by atoms with Crippen molar-refractivity contribution < 1.29 is 14.6 Å². The average Bonchev–Trinajstić information content (AvgIpc) is 3.07. The summed E-state index contributed by atoms with van der Waals surface area (Å²) in [7, 11) is 1.54. The Morgan fingerprint density at radius 3 is 2.25 bits per heavy atom. The maximum Gasteiger partial charge on any atom is 0.327 e. The van der Waals surface area contributed by atoms with Crippen LogP contribution in [0.1, 0.15) is 16.1 Å². The smallest absolute Gasteiger partial charge is 0.327 e. The number of carbonyl (C=O) groups excluding carboxylic acids is 1. The SMILES string of the molecule is COc1ccc(-c2c(C(=O)c3ccc(O)cc3)[nH]c3[nH]c(=O)[nH]c(=O)c23)cc1. The molecular weight excluding hydrogens is 362 g/mol. The van der Waals surface area contributed by atoms with E-state index in [0.29, 0.717) is 22.4 Å². The molecule has 0 radical (unpaired) electrons. The molecular formula is C20H15N3O5. The summed E-state index contributed by atoms with van der Waals surface area (Å²) in [6.45, 7) is 0. The number of aromatic hydroxyl groups is 1. The molecule has 8 nitrogen and oxygen atoms in total. The minimum absolute atomic E-state index is 0.0318. The van der Waals surface area contributed by atoms with E-state index >= 15 is 0 Å². The predicted molar refractivity (Wildman–Crippen MR) is 103 cm³/mol. The number of hydrogen-bond acceptors (Lipinski definition) is 5. The van der Waals surface area contributed by atoms with Gasteiger partial charge >= 0.3 is 5.69 Å². The van der Waals surface area contributed by atoms with Crippen LogP contribution in [0, 0.1) is 0 Å². The van der Waals surface area contributed by atoms with Crippen LogP contribution in [0.15, 0.2) is 58.1 Å². The zero-order chi connectivity index (χ0) is 19.8. The van der Waals surface area contributed by atoms with E-state index in [1.54, 1.807) is 24.3 Å². The van der Waals surface area contributed by atoms with Crippen molar-refractivity contribution in [3.63, 3.8) is 0 Å². The maximum atomic E-state index is 13.1. The number of H-pyrrole nitrogens is 3. The molecule has 0 saturated heterocycles. The Kier molecular flexibility index (Phi) is 4.08. The third-order valence-corrected chi connectivity index (χ3v) is 4.43. The number of carbonyl (C=O) groups is 1. The van der Waals surface area contributed by atoms with Crippen LogP contribution in [-0.2, 0) is 0 Å². The van der Waals surface area contributed by atoms with Crippen molar-refractivity contribution in [1.29, 1.82) is 0 Å². The third kappa shape index (κ3) is 2.86. The van der Waals surface area contributed by atoms with Gasteiger partial charge in [-0.05, 0) is 42.0 Å². The van der Waals surface area contributed by atoms with Gasteiger partial charge in [0, 0.05) is 11.1 Å². The van der Waals surface area contributed by atoms with Gasteiger partial charge in [-0.15, -0.1) is 0 Å². The molecule has 0 amide bonds. The summed E-state index contributed by atoms with van der Waals surface area (Å²) >= 11 is 0. The van der Waals surface area contributed by atoms with Gasteiger partial charge in [-0.2, -0.15) is 0 Å². The van der Waals surface area contributed by atoms with Crippen LogP contribution < -0.4 is 16.0 Å². The van der Waals surface area contributed by atoms with Crippen LogP contribution in [0.4, 0.5) is 0 Å². The van der Waals surface area contributed by atoms with E-state index in [0.717, 1.165) is 0 Å². The first kappa shape index (κ1) is 17.3. The van der Waals surface area contributed by atoms with Crippen LogP contribution in [0.2, 0.25) is 0 Å². The highest BCUT2D eigenvalue weighted by Crippen LogP contribution is 2.32. The highest BCUT2D eigenvalue weighted by atomic mass is 16.5. The Balaban J connectivity index is 2.00. The maximum absolute atomic E-state index is 13.1. The average molecular weight is 377 g/mol. The van der Waals surface area contributed by atoms with Gasteiger partial charge < -0.3 is 14.8 Å². The topological polar surface area (TPSA) is 128 Å². The monoisotopic (exact) mass is 377 g/mol. The van der Waals surface area contributed by atoms with E-state index in [-0.39, 0.29) is 28.3 Å². The predicted octanol–water partition coefficient (Wildman–Crippen LogP) is 2.16. The molecule has 0 fully saturated rings. The molecule has 4 N–H and O–H groups in total. The molecule has 2 aromatic heterocycles. The van der Waals surface area contributed by atoms with Crippen molar-refractivity contribution >= 4 is 16.8 Å². The second-order valence-electron chi connectivity index (χ2n) is 6.14. The van der Waals surface area contributed by atoms with E-state index < -0.39 is 11.2 Å². The van der Waals surface area contributed by atoms with E-state index in [2.05, 4.69) is 15.0 Å². The molecule has 28 heavy (non-hydrogen) atoms. The number of fused-ring (bicyclic) bond motifs is 1. The van der Waals surface area contributed by atoms with Crippen molar-refractivity contribution in [3.8, 4) is 22.6 Å². The number of benzene rings is 2. The van der Waals surface area contributed by atoms with Crippen LogP contribution in [0.25, 0.3) is 22.2 Å². The lowest BCUT2D eigenvalue weighted by Gasteiger charge is -2.06. The number of ketones is 1. The molecule has 2 heterocycles. The lowest BCUT2D eigenvalue weighted by atomic mass is 9.98. The Hall–Kier alpha value is -4.07. The summed E-state index contributed by atoms with van der Waals surface area (Å²) in [5, 5.41) is 9.63. The number of rotatable bonds is 4. The second-order valence-corrected chi connectivity index (χ2v) is 6.14. The fraction of sp³-hybridized carbons (Fsp3) is 0.0500. The van der Waals surface area contributed by atoms with Gasteiger partial charge in [0.1, 0.15) is 17.1 Å². The molecule has 0 aliphatic heterocycles. The number of aromatic nitrogens is 3. The van der Waals surface area contributed by atoms with Gasteiger partial charge in [-0.1, -0.05) is 12.1 Å². The molecule has 0 aliphatic rings. The number of ether oxygens (including phenoxy) is 1. The first-order valence-electron chi connectivity index (χ1n) is 8.34. The summed E-state index contributed by atoms with van der Waals surface area (Å²) in [5.41, 5.74) is 0.312. The molecule has 4 aromatic rings. The number of nitrogens with one attached hydrogen (secondary N) is 3. The second kappa shape index (κ2) is 6.58. The van der Waals surface area contributed by atoms with Crippen molar-refractivity contribution in [2.45, 2.75) is 0 Å². The normalized spacial score (nSPS) is 10.9. The molecule has 140 valence electrons. The van der Waals surface area contributed by atoms with Gasteiger partial charge in [0.15, 0.2) is 0 Å². The number of phenolic OH excluding ortho intramolecular Hbond substituents is 1. The van der Waals surface area contributed by atoms with Crippen molar-refractivity contribution in [1.82, 2.24) is 15.0 Å². The van der Waals surface area contributed by atoms with E-state index in [1.165, 1.54) is 31.4 Å². The van der Waals surface area contributed by atoms with E-state index in [9.17, 15) is 19.5 Å². The summed E-state index contributed by atoms with van der Waals surface area (Å²) in [4.78, 5) is 44.8. The van der Waals surface area contributed by atoms with Gasteiger partial charge in [0.2, 0.25) is 5.78 Å². The minimum Gasteiger partial charge on any atom is -0.508 e. The van der Waals surface area contributed by atoms with E-state index in [1.807, 2.05) is 0 Å². The molecule has 0 spiro atoms. The van der Waals surface area contributed by atoms with Gasteiger partial charge in [0.25, 0.3) is 5.56 Å². The summed E-state index contributed by atoms with van der Waals surface area (Å²) < 4.78 is 5.16. The molecule has 0 bridgehead atoms. The quantitative estimate of drug-likeness (QED) is 0.405. The number of phenols is 1. The van der Waals surface area contributed by atoms with E-state index in [4.69, 9.17) is 4.74 Å². The Labute approximate surface area is 157 Å². The third-order valence-electron chi connectivity index (χ3n) is 4.43. The zero-order valence-corrected chi connectivity index (χ0v) is 14.7. The standard InChI is InChI=1S/C20H15N3O5/c1-28-13-8-4-10(5-9-13)14-15-18(22-20(27)23-19(15)26)21-16(14)17(25)11-2-6-12(24)7-3-11/h2-9,24H,1H3,(H3,21,22,23,26,27). The van der Waals surface area contributed by atoms with Crippen LogP contribution >= 0.6 is 0 Å². The van der Waals surface area contributed by atoms with Crippen molar-refractivity contribution in [2.24, 2.45) is 0 Å². The minimum atomic E-state index is -0.677. The van der Waals surface area contributed by atoms with Gasteiger partial charge in [-0.3, -0.25) is 19.6 Å². The summed E-state index contributed by atoms with van der Waals surface area (Å²) in [6.07, 6.45) is 0. The molecule has 0 saturated carbocycles. The molecule has 0 unspecified atom stereocenters. The number of hydrogen-bond donors (Lipinski definition) is 4. The lowest BCUT2D eigenvalue weighted by Crippen LogP contribution is -2.21. The Bertz CT molecular complexity index is 1300.